The van der Waals surface area contributed by atoms with Crippen molar-refractivity contribution in [3.8, 4) is 11.5 Å². The number of aromatic nitrogens is 2. The van der Waals surface area contributed by atoms with E-state index in [4.69, 9.17) is 21.1 Å². The van der Waals surface area contributed by atoms with Crippen LogP contribution in [0.15, 0.2) is 34.9 Å². The molecule has 0 fully saturated rings. The molecule has 3 aromatic rings. The number of carbonyl (C=O) groups is 1. The van der Waals surface area contributed by atoms with Crippen LogP contribution in [-0.4, -0.2) is 21.3 Å². The summed E-state index contributed by atoms with van der Waals surface area (Å²) in [4.78, 5) is 11.0. The van der Waals surface area contributed by atoms with Crippen molar-refractivity contribution in [2.75, 3.05) is 0 Å². The molecule has 0 saturated carbocycles. The van der Waals surface area contributed by atoms with E-state index in [1.54, 1.807) is 24.3 Å². The highest BCUT2D eigenvalue weighted by atomic mass is 35.5. The smallest absolute Gasteiger partial charge is 0.339 e. The van der Waals surface area contributed by atoms with Gasteiger partial charge in [0.05, 0.1) is 6.20 Å². The Balaban J connectivity index is 2.19. The second-order valence-corrected chi connectivity index (χ2v) is 4.19. The van der Waals surface area contributed by atoms with Gasteiger partial charge >= 0.3 is 5.97 Å². The maximum atomic E-state index is 11.0. The molecular formula is C12H7ClN2O3. The van der Waals surface area contributed by atoms with Gasteiger partial charge in [-0.2, -0.15) is 5.10 Å². The minimum absolute atomic E-state index is 0.0696. The number of nitrogens with zero attached hydrogens (tertiary/aromatic N) is 1. The van der Waals surface area contributed by atoms with E-state index < -0.39 is 5.97 Å². The number of furan rings is 1. The van der Waals surface area contributed by atoms with Crippen LogP contribution < -0.4 is 0 Å². The van der Waals surface area contributed by atoms with Gasteiger partial charge in [-0.05, 0) is 24.3 Å². The first-order valence-electron chi connectivity index (χ1n) is 5.11. The summed E-state index contributed by atoms with van der Waals surface area (Å²) in [6.45, 7) is 0. The number of aromatic amines is 1. The fraction of sp³-hybridized carbons (Fsp3) is 0. The molecule has 18 heavy (non-hydrogen) atoms. The summed E-state index contributed by atoms with van der Waals surface area (Å²) in [7, 11) is 0. The van der Waals surface area contributed by atoms with Gasteiger partial charge in [-0.1, -0.05) is 11.6 Å². The van der Waals surface area contributed by atoms with E-state index in [2.05, 4.69) is 10.2 Å². The minimum atomic E-state index is -1.06. The van der Waals surface area contributed by atoms with Gasteiger partial charge in [-0.25, -0.2) is 4.79 Å². The normalized spacial score (nSPS) is 10.9. The van der Waals surface area contributed by atoms with Crippen LogP contribution >= 0.6 is 11.6 Å². The Morgan fingerprint density at radius 2 is 2.22 bits per heavy atom. The number of carboxylic acids is 1. The third kappa shape index (κ3) is 1.65. The number of fused-ring (bicyclic) bond motifs is 1. The number of hydrogen-bond acceptors (Lipinski definition) is 3. The van der Waals surface area contributed by atoms with E-state index in [1.807, 2.05) is 0 Å². The summed E-state index contributed by atoms with van der Waals surface area (Å²) in [6.07, 6.45) is 1.25. The lowest BCUT2D eigenvalue weighted by atomic mass is 10.2. The molecule has 1 aromatic carbocycles. The van der Waals surface area contributed by atoms with Crippen molar-refractivity contribution < 1.29 is 14.3 Å². The predicted octanol–water partition coefficient (Wildman–Crippen LogP) is 3.17. The number of benzene rings is 1. The largest absolute Gasteiger partial charge is 0.478 e. The van der Waals surface area contributed by atoms with Gasteiger partial charge in [0.2, 0.25) is 0 Å². The standard InChI is InChI=1S/C12H7ClN2O3/c13-7-1-2-9-6(3-7)4-10(18-9)11-8(12(16)17)5-14-15-11/h1-5H,(H,14,15)(H,16,17). The Morgan fingerprint density at radius 3 is 3.00 bits per heavy atom. The Bertz CT molecular complexity index is 745. The van der Waals surface area contributed by atoms with Crippen molar-refractivity contribution in [2.24, 2.45) is 0 Å². The lowest BCUT2D eigenvalue weighted by molar-refractivity contribution is 0.0697. The summed E-state index contributed by atoms with van der Waals surface area (Å²) >= 11 is 5.88. The quantitative estimate of drug-likeness (QED) is 0.743. The Hall–Kier alpha value is -2.27. The van der Waals surface area contributed by atoms with Crippen LogP contribution in [0.3, 0.4) is 0 Å². The first-order valence-corrected chi connectivity index (χ1v) is 5.49. The number of rotatable bonds is 2. The fourth-order valence-corrected chi connectivity index (χ4v) is 1.95. The average molecular weight is 263 g/mol. The minimum Gasteiger partial charge on any atom is -0.478 e. The molecule has 90 valence electrons. The Morgan fingerprint density at radius 1 is 1.39 bits per heavy atom. The van der Waals surface area contributed by atoms with Crippen molar-refractivity contribution in [1.82, 2.24) is 10.2 Å². The van der Waals surface area contributed by atoms with E-state index in [-0.39, 0.29) is 5.56 Å². The van der Waals surface area contributed by atoms with Gasteiger partial charge in [0.15, 0.2) is 5.76 Å². The van der Waals surface area contributed by atoms with Crippen molar-refractivity contribution in [2.45, 2.75) is 0 Å². The van der Waals surface area contributed by atoms with Crippen LogP contribution in [0.1, 0.15) is 10.4 Å². The highest BCUT2D eigenvalue weighted by Crippen LogP contribution is 2.30. The molecule has 2 aromatic heterocycles. The van der Waals surface area contributed by atoms with Crippen molar-refractivity contribution in [3.05, 3.63) is 41.0 Å². The monoisotopic (exact) mass is 262 g/mol. The first kappa shape index (κ1) is 10.9. The van der Waals surface area contributed by atoms with E-state index >= 15 is 0 Å². The fourth-order valence-electron chi connectivity index (χ4n) is 1.77. The molecular weight excluding hydrogens is 256 g/mol. The number of nitrogens with one attached hydrogen (secondary N) is 1. The number of H-pyrrole nitrogens is 1. The maximum absolute atomic E-state index is 11.0. The van der Waals surface area contributed by atoms with E-state index in [9.17, 15) is 4.79 Å². The Labute approximate surface area is 106 Å². The molecule has 0 bridgehead atoms. The molecule has 0 amide bonds. The zero-order valence-electron chi connectivity index (χ0n) is 8.98. The number of carboxylic acid groups (broad SMARTS) is 1. The third-order valence-corrected chi connectivity index (χ3v) is 2.83. The second-order valence-electron chi connectivity index (χ2n) is 3.76. The molecule has 0 spiro atoms. The topological polar surface area (TPSA) is 79.1 Å². The van der Waals surface area contributed by atoms with Crippen molar-refractivity contribution in [1.29, 1.82) is 0 Å². The molecule has 0 saturated heterocycles. The molecule has 0 radical (unpaired) electrons. The number of halogens is 1. The molecule has 5 nitrogen and oxygen atoms in total. The SMILES string of the molecule is O=C(O)c1cn[nH]c1-c1cc2cc(Cl)ccc2o1. The zero-order valence-corrected chi connectivity index (χ0v) is 9.73. The van der Waals surface area contributed by atoms with Crippen LogP contribution in [-0.2, 0) is 0 Å². The van der Waals surface area contributed by atoms with Gasteiger partial charge in [0.1, 0.15) is 16.8 Å². The van der Waals surface area contributed by atoms with Crippen molar-refractivity contribution in [3.63, 3.8) is 0 Å². The van der Waals surface area contributed by atoms with E-state index in [0.29, 0.717) is 22.1 Å². The van der Waals surface area contributed by atoms with Crippen LogP contribution in [0.25, 0.3) is 22.4 Å². The van der Waals surface area contributed by atoms with Crippen LogP contribution in [0.5, 0.6) is 0 Å². The first-order chi connectivity index (χ1) is 8.65. The summed E-state index contributed by atoms with van der Waals surface area (Å²) in [5, 5.41) is 16.8. The molecule has 0 aliphatic rings. The van der Waals surface area contributed by atoms with Crippen LogP contribution in [0.2, 0.25) is 5.02 Å². The maximum Gasteiger partial charge on any atom is 0.339 e. The van der Waals surface area contributed by atoms with Crippen molar-refractivity contribution >= 4 is 28.5 Å². The molecule has 0 aliphatic carbocycles. The summed E-state index contributed by atoms with van der Waals surface area (Å²) < 4.78 is 5.57. The Kier molecular flexibility index (Phi) is 2.34. The van der Waals surface area contributed by atoms with E-state index in [0.717, 1.165) is 5.39 Å². The number of hydrogen-bond donors (Lipinski definition) is 2. The van der Waals surface area contributed by atoms with Crippen LogP contribution in [0, 0.1) is 0 Å². The molecule has 3 rings (SSSR count). The van der Waals surface area contributed by atoms with Gasteiger partial charge in [0, 0.05) is 10.4 Å². The molecule has 0 unspecified atom stereocenters. The van der Waals surface area contributed by atoms with Gasteiger partial charge in [-0.3, -0.25) is 5.10 Å². The van der Waals surface area contributed by atoms with Gasteiger partial charge in [0.25, 0.3) is 0 Å². The molecule has 6 heteroatoms. The lowest BCUT2D eigenvalue weighted by Crippen LogP contribution is -1.95. The van der Waals surface area contributed by atoms with Gasteiger partial charge in [-0.15, -0.1) is 0 Å². The average Bonchev–Trinajstić information content (AvgIpc) is 2.93. The molecule has 0 atom stereocenters. The summed E-state index contributed by atoms with van der Waals surface area (Å²) in [5.74, 6) is -0.639. The summed E-state index contributed by atoms with van der Waals surface area (Å²) in [5.41, 5.74) is 1.05. The zero-order chi connectivity index (χ0) is 12.7. The third-order valence-electron chi connectivity index (χ3n) is 2.59. The molecule has 2 heterocycles. The molecule has 2 N–H and O–H groups in total. The van der Waals surface area contributed by atoms with E-state index in [1.165, 1.54) is 6.20 Å². The number of aromatic carboxylic acids is 1. The van der Waals surface area contributed by atoms with Gasteiger partial charge < -0.3 is 9.52 Å². The highest BCUT2D eigenvalue weighted by Gasteiger charge is 2.17. The van der Waals surface area contributed by atoms with Crippen LogP contribution in [0.4, 0.5) is 0 Å². The second kappa shape index (κ2) is 3.89. The lowest BCUT2D eigenvalue weighted by Gasteiger charge is -1.93. The predicted molar refractivity (Wildman–Crippen MR) is 65.8 cm³/mol. The highest BCUT2D eigenvalue weighted by molar-refractivity contribution is 6.31. The molecule has 0 aliphatic heterocycles. The summed E-state index contributed by atoms with van der Waals surface area (Å²) in [6, 6.07) is 6.92.